The molecule has 0 radical (unpaired) electrons. The van der Waals surface area contributed by atoms with Gasteiger partial charge in [-0.2, -0.15) is 8.42 Å². The smallest absolute Gasteiger partial charge is 0.307 e. The predicted molar refractivity (Wildman–Crippen MR) is 95.3 cm³/mol. The molecular formula is C18H19FN2O4S. The minimum absolute atomic E-state index is 0.151. The van der Waals surface area contributed by atoms with Crippen LogP contribution in [0.2, 0.25) is 0 Å². The van der Waals surface area contributed by atoms with Crippen molar-refractivity contribution < 1.29 is 21.7 Å². The summed E-state index contributed by atoms with van der Waals surface area (Å²) in [6.07, 6.45) is 5.64. The normalized spacial score (nSPS) is 20.7. The van der Waals surface area contributed by atoms with E-state index in [4.69, 9.17) is 8.92 Å². The minimum Gasteiger partial charge on any atom is -0.494 e. The number of benzene rings is 1. The number of fused-ring (bicyclic) bond motifs is 5. The van der Waals surface area contributed by atoms with E-state index in [-0.39, 0.29) is 17.5 Å². The molecule has 4 rings (SSSR count). The van der Waals surface area contributed by atoms with Gasteiger partial charge in [0.15, 0.2) is 11.6 Å². The molecule has 1 saturated carbocycles. The van der Waals surface area contributed by atoms with Crippen LogP contribution in [-0.4, -0.2) is 26.8 Å². The number of nitrogens with one attached hydrogen (secondary N) is 1. The van der Waals surface area contributed by atoms with Crippen molar-refractivity contribution in [2.45, 2.75) is 31.1 Å². The Morgan fingerprint density at radius 3 is 2.65 bits per heavy atom. The summed E-state index contributed by atoms with van der Waals surface area (Å²) in [6, 6.07) is 4.54. The Balaban J connectivity index is 1.75. The lowest BCUT2D eigenvalue weighted by Crippen LogP contribution is -2.12. The Morgan fingerprint density at radius 1 is 1.23 bits per heavy atom. The van der Waals surface area contributed by atoms with Gasteiger partial charge in [0.05, 0.1) is 25.2 Å². The highest BCUT2D eigenvalue weighted by Crippen LogP contribution is 2.57. The summed E-state index contributed by atoms with van der Waals surface area (Å²) in [6.45, 7) is 0. The van der Waals surface area contributed by atoms with Crippen molar-refractivity contribution in [1.82, 2.24) is 4.98 Å². The first-order chi connectivity index (χ1) is 12.4. The van der Waals surface area contributed by atoms with Crippen molar-refractivity contribution in [3.05, 3.63) is 41.3 Å². The molecule has 1 aromatic heterocycles. The Morgan fingerprint density at radius 2 is 1.96 bits per heavy atom. The molecule has 0 aliphatic heterocycles. The number of halogens is 1. The molecule has 26 heavy (non-hydrogen) atoms. The molecule has 2 aliphatic carbocycles. The molecule has 0 spiro atoms. The van der Waals surface area contributed by atoms with Gasteiger partial charge in [0, 0.05) is 17.3 Å². The van der Waals surface area contributed by atoms with Crippen LogP contribution < -0.4 is 14.2 Å². The molecule has 138 valence electrons. The summed E-state index contributed by atoms with van der Waals surface area (Å²) >= 11 is 0. The number of rotatable bonds is 5. The van der Waals surface area contributed by atoms with Crippen LogP contribution in [0.15, 0.2) is 24.4 Å². The van der Waals surface area contributed by atoms with Gasteiger partial charge in [0.1, 0.15) is 0 Å². The van der Waals surface area contributed by atoms with Crippen LogP contribution in [0.1, 0.15) is 42.2 Å². The van der Waals surface area contributed by atoms with Crippen molar-refractivity contribution in [2.24, 2.45) is 0 Å². The highest BCUT2D eigenvalue weighted by molar-refractivity contribution is 7.86. The molecule has 1 aromatic carbocycles. The zero-order valence-electron chi connectivity index (χ0n) is 14.5. The second-order valence-corrected chi connectivity index (χ2v) is 8.35. The summed E-state index contributed by atoms with van der Waals surface area (Å²) in [5.74, 6) is 0.515. The maximum absolute atomic E-state index is 13.6. The van der Waals surface area contributed by atoms with Gasteiger partial charge in [-0.1, -0.05) is 0 Å². The van der Waals surface area contributed by atoms with Crippen LogP contribution in [0.5, 0.6) is 11.6 Å². The maximum atomic E-state index is 13.6. The second kappa shape index (κ2) is 6.12. The third-order valence-electron chi connectivity index (χ3n) is 5.03. The molecule has 0 amide bonds. The monoisotopic (exact) mass is 378 g/mol. The number of aromatic nitrogens is 1. The standard InChI is InChI=1S/C18H19FN2O4S/c1-24-15-8-12(5-6-13(15)19)21-14-9-20-18(25-26(2,22)23)17-11-4-3-10(7-11)16(14)17/h5-6,8-11,21H,3-4,7H2,1-2H3. The zero-order valence-corrected chi connectivity index (χ0v) is 15.3. The lowest BCUT2D eigenvalue weighted by atomic mass is 9.91. The predicted octanol–water partition coefficient (Wildman–Crippen LogP) is 3.68. The van der Waals surface area contributed by atoms with Gasteiger partial charge in [0.25, 0.3) is 0 Å². The number of nitrogens with zero attached hydrogens (tertiary/aromatic N) is 1. The van der Waals surface area contributed by atoms with Crippen LogP contribution in [-0.2, 0) is 10.1 Å². The summed E-state index contributed by atoms with van der Waals surface area (Å²) in [4.78, 5) is 4.24. The molecule has 2 aliphatic rings. The van der Waals surface area contributed by atoms with Gasteiger partial charge in [-0.15, -0.1) is 0 Å². The van der Waals surface area contributed by atoms with E-state index in [9.17, 15) is 12.8 Å². The first kappa shape index (κ1) is 17.1. The third-order valence-corrected chi connectivity index (χ3v) is 5.49. The number of pyridine rings is 1. The second-order valence-electron chi connectivity index (χ2n) is 6.77. The lowest BCUT2D eigenvalue weighted by molar-refractivity contribution is 0.387. The molecule has 6 nitrogen and oxygen atoms in total. The van der Waals surface area contributed by atoms with Crippen molar-refractivity contribution in [2.75, 3.05) is 18.7 Å². The first-order valence-electron chi connectivity index (χ1n) is 8.38. The molecule has 1 heterocycles. The number of ether oxygens (including phenoxy) is 1. The number of hydrogen-bond acceptors (Lipinski definition) is 6. The minimum atomic E-state index is -3.64. The van der Waals surface area contributed by atoms with Gasteiger partial charge in [0.2, 0.25) is 5.88 Å². The van der Waals surface area contributed by atoms with E-state index in [1.807, 2.05) is 0 Å². The molecule has 0 saturated heterocycles. The number of methoxy groups -OCH3 is 1. The van der Waals surface area contributed by atoms with E-state index in [0.29, 0.717) is 11.6 Å². The van der Waals surface area contributed by atoms with Crippen LogP contribution in [0, 0.1) is 5.82 Å². The average molecular weight is 378 g/mol. The Hall–Kier alpha value is -2.35. The fraction of sp³-hybridized carbons (Fsp3) is 0.389. The Kier molecular flexibility index (Phi) is 4.02. The van der Waals surface area contributed by atoms with Crippen LogP contribution in [0.25, 0.3) is 0 Å². The molecule has 2 bridgehead atoms. The molecule has 8 heteroatoms. The molecule has 2 atom stereocenters. The SMILES string of the molecule is COc1cc(Nc2cnc(OS(C)(=O)=O)c3c2C2CCC3C2)ccc1F. The first-order valence-corrected chi connectivity index (χ1v) is 10.2. The molecular weight excluding hydrogens is 359 g/mol. The Bertz CT molecular complexity index is 977. The quantitative estimate of drug-likeness (QED) is 0.800. The summed E-state index contributed by atoms with van der Waals surface area (Å²) < 4.78 is 46.9. The van der Waals surface area contributed by atoms with Crippen molar-refractivity contribution in [1.29, 1.82) is 0 Å². The Labute approximate surface area is 151 Å². The van der Waals surface area contributed by atoms with E-state index < -0.39 is 15.9 Å². The molecule has 1 N–H and O–H groups in total. The number of anilines is 2. The fourth-order valence-corrected chi connectivity index (χ4v) is 4.48. The van der Waals surface area contributed by atoms with E-state index in [1.165, 1.54) is 13.2 Å². The highest BCUT2D eigenvalue weighted by Gasteiger charge is 2.42. The molecule has 2 unspecified atom stereocenters. The maximum Gasteiger partial charge on any atom is 0.307 e. The van der Waals surface area contributed by atoms with Gasteiger partial charge in [-0.25, -0.2) is 9.37 Å². The third kappa shape index (κ3) is 2.98. The van der Waals surface area contributed by atoms with Gasteiger partial charge < -0.3 is 14.2 Å². The van der Waals surface area contributed by atoms with Crippen molar-refractivity contribution >= 4 is 21.5 Å². The van der Waals surface area contributed by atoms with Gasteiger partial charge in [-0.3, -0.25) is 0 Å². The molecule has 2 aromatic rings. The zero-order chi connectivity index (χ0) is 18.5. The van der Waals surface area contributed by atoms with Crippen LogP contribution in [0.3, 0.4) is 0 Å². The summed E-state index contributed by atoms with van der Waals surface area (Å²) in [5, 5.41) is 3.27. The number of hydrogen-bond donors (Lipinski definition) is 1. The van der Waals surface area contributed by atoms with E-state index in [1.54, 1.807) is 18.3 Å². The van der Waals surface area contributed by atoms with E-state index in [2.05, 4.69) is 10.3 Å². The van der Waals surface area contributed by atoms with Crippen molar-refractivity contribution in [3.8, 4) is 11.6 Å². The fourth-order valence-electron chi connectivity index (χ4n) is 4.07. The lowest BCUT2D eigenvalue weighted by Gasteiger charge is -2.21. The molecule has 1 fully saturated rings. The topological polar surface area (TPSA) is 77.5 Å². The van der Waals surface area contributed by atoms with Crippen LogP contribution >= 0.6 is 0 Å². The average Bonchev–Trinajstić information content (AvgIpc) is 3.19. The summed E-state index contributed by atoms with van der Waals surface area (Å²) in [5.41, 5.74) is 3.40. The summed E-state index contributed by atoms with van der Waals surface area (Å²) in [7, 11) is -2.23. The highest BCUT2D eigenvalue weighted by atomic mass is 32.2. The van der Waals surface area contributed by atoms with Crippen LogP contribution in [0.4, 0.5) is 15.8 Å². The van der Waals surface area contributed by atoms with E-state index >= 15 is 0 Å². The van der Waals surface area contributed by atoms with Gasteiger partial charge >= 0.3 is 10.1 Å². The van der Waals surface area contributed by atoms with E-state index in [0.717, 1.165) is 42.3 Å². The largest absolute Gasteiger partial charge is 0.494 e. The van der Waals surface area contributed by atoms with Gasteiger partial charge in [-0.05, 0) is 48.8 Å². The van der Waals surface area contributed by atoms with Crippen molar-refractivity contribution in [3.63, 3.8) is 0 Å².